The van der Waals surface area contributed by atoms with Crippen molar-refractivity contribution in [3.8, 4) is 5.75 Å². The number of carbonyl (C=O) groups is 2. The highest BCUT2D eigenvalue weighted by molar-refractivity contribution is 6.01. The van der Waals surface area contributed by atoms with Crippen LogP contribution in [0, 0.1) is 12.8 Å². The molecule has 0 radical (unpaired) electrons. The van der Waals surface area contributed by atoms with Gasteiger partial charge in [-0.2, -0.15) is 0 Å². The fourth-order valence-corrected chi connectivity index (χ4v) is 2.86. The van der Waals surface area contributed by atoms with Gasteiger partial charge in [0.1, 0.15) is 5.75 Å². The third kappa shape index (κ3) is 4.24. The van der Waals surface area contributed by atoms with Gasteiger partial charge < -0.3 is 15.0 Å². The highest BCUT2D eigenvalue weighted by atomic mass is 16.5. The van der Waals surface area contributed by atoms with Gasteiger partial charge in [0.15, 0.2) is 0 Å². The normalized spacial score (nSPS) is 17.4. The molecule has 1 N–H and O–H groups in total. The Kier molecular flexibility index (Phi) is 6.02. The van der Waals surface area contributed by atoms with Crippen molar-refractivity contribution in [1.82, 2.24) is 5.32 Å². The molecule has 0 saturated carbocycles. The first kappa shape index (κ1) is 17.3. The Morgan fingerprint density at radius 3 is 2.87 bits per heavy atom. The fourth-order valence-electron chi connectivity index (χ4n) is 2.86. The zero-order chi connectivity index (χ0) is 16.8. The topological polar surface area (TPSA) is 58.6 Å². The van der Waals surface area contributed by atoms with E-state index in [0.29, 0.717) is 18.8 Å². The number of nitrogens with one attached hydrogen (secondary N) is 1. The molecule has 2 amide bonds. The third-order valence-electron chi connectivity index (χ3n) is 4.20. The second-order valence-corrected chi connectivity index (χ2v) is 6.08. The molecule has 1 saturated heterocycles. The third-order valence-corrected chi connectivity index (χ3v) is 4.20. The summed E-state index contributed by atoms with van der Waals surface area (Å²) in [5, 5.41) is 2.94. The number of rotatable bonds is 7. The van der Waals surface area contributed by atoms with Gasteiger partial charge in [0.25, 0.3) is 0 Å². The predicted molar refractivity (Wildman–Crippen MR) is 90.7 cm³/mol. The molecule has 1 unspecified atom stereocenters. The van der Waals surface area contributed by atoms with Crippen molar-refractivity contribution in [2.75, 3.05) is 25.1 Å². The van der Waals surface area contributed by atoms with E-state index in [9.17, 15) is 9.59 Å². The first-order chi connectivity index (χ1) is 11.1. The Bertz CT molecular complexity index is 571. The number of aryl methyl sites for hydroxylation is 1. The molecule has 1 fully saturated rings. The first-order valence-corrected chi connectivity index (χ1v) is 8.29. The number of ether oxygens (including phenoxy) is 1. The second kappa shape index (κ2) is 7.99. The number of hydrogen-bond acceptors (Lipinski definition) is 3. The summed E-state index contributed by atoms with van der Waals surface area (Å²) in [6, 6.07) is 5.73. The number of anilines is 1. The van der Waals surface area contributed by atoms with Gasteiger partial charge in [0.05, 0.1) is 18.7 Å². The Labute approximate surface area is 138 Å². The van der Waals surface area contributed by atoms with Crippen molar-refractivity contribution in [3.63, 3.8) is 0 Å². The molecule has 1 atom stereocenters. The van der Waals surface area contributed by atoms with Crippen LogP contribution in [0.2, 0.25) is 0 Å². The van der Waals surface area contributed by atoms with Crippen molar-refractivity contribution in [2.45, 2.75) is 39.5 Å². The first-order valence-electron chi connectivity index (χ1n) is 8.29. The molecular formula is C18H26N2O3. The number of methoxy groups -OCH3 is 1. The molecule has 1 aromatic carbocycles. The predicted octanol–water partition coefficient (Wildman–Crippen LogP) is 2.66. The summed E-state index contributed by atoms with van der Waals surface area (Å²) < 4.78 is 5.35. The summed E-state index contributed by atoms with van der Waals surface area (Å²) in [4.78, 5) is 26.2. The van der Waals surface area contributed by atoms with Gasteiger partial charge in [-0.25, -0.2) is 0 Å². The van der Waals surface area contributed by atoms with E-state index in [1.54, 1.807) is 12.0 Å². The number of hydrogen-bond donors (Lipinski definition) is 1. The molecule has 126 valence electrons. The van der Waals surface area contributed by atoms with Gasteiger partial charge >= 0.3 is 0 Å². The summed E-state index contributed by atoms with van der Waals surface area (Å²) in [7, 11) is 1.59. The summed E-state index contributed by atoms with van der Waals surface area (Å²) >= 11 is 0. The van der Waals surface area contributed by atoms with E-state index in [2.05, 4.69) is 12.2 Å². The number of unbranched alkanes of at least 4 members (excludes halogenated alkanes) is 2. The molecule has 1 aliphatic rings. The van der Waals surface area contributed by atoms with Crippen molar-refractivity contribution < 1.29 is 14.3 Å². The number of nitrogens with zero attached hydrogens (tertiary/aromatic N) is 1. The van der Waals surface area contributed by atoms with Crippen LogP contribution in [0.5, 0.6) is 5.75 Å². The second-order valence-electron chi connectivity index (χ2n) is 6.08. The maximum absolute atomic E-state index is 12.3. The summed E-state index contributed by atoms with van der Waals surface area (Å²) in [6.07, 6.45) is 3.48. The standard InChI is InChI=1S/C18H26N2O3/c1-4-5-6-9-19-18(22)14-11-17(21)20(12-14)15-10-13(2)7-8-16(15)23-3/h7-8,10,14H,4-6,9,11-12H2,1-3H3,(H,19,22). The van der Waals surface area contributed by atoms with Crippen LogP contribution < -0.4 is 15.0 Å². The van der Waals surface area contributed by atoms with Gasteiger partial charge in [0.2, 0.25) is 11.8 Å². The Morgan fingerprint density at radius 2 is 2.17 bits per heavy atom. The molecular weight excluding hydrogens is 292 g/mol. The summed E-state index contributed by atoms with van der Waals surface area (Å²) in [5.41, 5.74) is 1.81. The Hall–Kier alpha value is -2.04. The SMILES string of the molecule is CCCCCNC(=O)C1CC(=O)N(c2cc(C)ccc2OC)C1. The van der Waals surface area contributed by atoms with Crippen LogP contribution in [-0.4, -0.2) is 32.0 Å². The number of carbonyl (C=O) groups excluding carboxylic acids is 2. The molecule has 1 heterocycles. The van der Waals surface area contributed by atoms with E-state index >= 15 is 0 Å². The molecule has 0 aromatic heterocycles. The molecule has 0 aliphatic carbocycles. The lowest BCUT2D eigenvalue weighted by atomic mass is 10.1. The molecule has 0 spiro atoms. The van der Waals surface area contributed by atoms with E-state index in [-0.39, 0.29) is 24.2 Å². The maximum atomic E-state index is 12.3. The fraction of sp³-hybridized carbons (Fsp3) is 0.556. The minimum atomic E-state index is -0.283. The lowest BCUT2D eigenvalue weighted by molar-refractivity contribution is -0.126. The minimum Gasteiger partial charge on any atom is -0.495 e. The van der Waals surface area contributed by atoms with Gasteiger partial charge in [-0.1, -0.05) is 25.8 Å². The van der Waals surface area contributed by atoms with Crippen LogP contribution in [0.4, 0.5) is 5.69 Å². The Balaban J connectivity index is 2.02. The van der Waals surface area contributed by atoms with Crippen molar-refractivity contribution in [3.05, 3.63) is 23.8 Å². The zero-order valence-electron chi connectivity index (χ0n) is 14.2. The van der Waals surface area contributed by atoms with Gasteiger partial charge in [-0.15, -0.1) is 0 Å². The number of benzene rings is 1. The Morgan fingerprint density at radius 1 is 1.39 bits per heavy atom. The molecule has 2 rings (SSSR count). The highest BCUT2D eigenvalue weighted by Crippen LogP contribution is 2.33. The van der Waals surface area contributed by atoms with Gasteiger partial charge in [0, 0.05) is 19.5 Å². The molecule has 0 bridgehead atoms. The summed E-state index contributed by atoms with van der Waals surface area (Å²) in [6.45, 7) is 5.20. The quantitative estimate of drug-likeness (QED) is 0.786. The van der Waals surface area contributed by atoms with Crippen LogP contribution >= 0.6 is 0 Å². The van der Waals surface area contributed by atoms with E-state index < -0.39 is 0 Å². The van der Waals surface area contributed by atoms with E-state index in [0.717, 1.165) is 30.5 Å². The van der Waals surface area contributed by atoms with Crippen LogP contribution in [0.1, 0.15) is 38.2 Å². The highest BCUT2D eigenvalue weighted by Gasteiger charge is 2.36. The van der Waals surface area contributed by atoms with Crippen LogP contribution in [0.3, 0.4) is 0 Å². The van der Waals surface area contributed by atoms with Gasteiger partial charge in [-0.3, -0.25) is 9.59 Å². The van der Waals surface area contributed by atoms with E-state index in [1.807, 2.05) is 25.1 Å². The average Bonchev–Trinajstić information content (AvgIpc) is 2.93. The number of amides is 2. The monoisotopic (exact) mass is 318 g/mol. The van der Waals surface area contributed by atoms with Crippen LogP contribution in [0.15, 0.2) is 18.2 Å². The molecule has 1 aliphatic heterocycles. The van der Waals surface area contributed by atoms with Crippen molar-refractivity contribution in [1.29, 1.82) is 0 Å². The lowest BCUT2D eigenvalue weighted by Gasteiger charge is -2.20. The van der Waals surface area contributed by atoms with Gasteiger partial charge in [-0.05, 0) is 31.0 Å². The maximum Gasteiger partial charge on any atom is 0.227 e. The van der Waals surface area contributed by atoms with E-state index in [4.69, 9.17) is 4.74 Å². The summed E-state index contributed by atoms with van der Waals surface area (Å²) in [5.74, 6) is 0.327. The van der Waals surface area contributed by atoms with Crippen molar-refractivity contribution >= 4 is 17.5 Å². The largest absolute Gasteiger partial charge is 0.495 e. The average molecular weight is 318 g/mol. The zero-order valence-corrected chi connectivity index (χ0v) is 14.2. The smallest absolute Gasteiger partial charge is 0.227 e. The molecule has 23 heavy (non-hydrogen) atoms. The lowest BCUT2D eigenvalue weighted by Crippen LogP contribution is -2.33. The van der Waals surface area contributed by atoms with Crippen LogP contribution in [-0.2, 0) is 9.59 Å². The van der Waals surface area contributed by atoms with E-state index in [1.165, 1.54) is 0 Å². The minimum absolute atomic E-state index is 0.0245. The van der Waals surface area contributed by atoms with Crippen molar-refractivity contribution in [2.24, 2.45) is 5.92 Å². The molecule has 5 heteroatoms. The van der Waals surface area contributed by atoms with Crippen LogP contribution in [0.25, 0.3) is 0 Å². The molecule has 5 nitrogen and oxygen atoms in total. The molecule has 1 aromatic rings.